The monoisotopic (exact) mass is 540 g/mol. The van der Waals surface area contributed by atoms with E-state index in [-0.39, 0.29) is 24.7 Å². The quantitative estimate of drug-likeness (QED) is 0.246. The first-order valence-electron chi connectivity index (χ1n) is 13.1. The van der Waals surface area contributed by atoms with Crippen LogP contribution in [0.15, 0.2) is 102 Å². The molecule has 1 amide bonds. The number of amides is 1. The molecule has 2 heterocycles. The summed E-state index contributed by atoms with van der Waals surface area (Å²) in [5.41, 5.74) is 6.09. The second kappa shape index (κ2) is 13.0. The molecule has 5 rings (SSSR count). The van der Waals surface area contributed by atoms with Gasteiger partial charge in [0.1, 0.15) is 0 Å². The number of aliphatic hydroxyl groups excluding tert-OH is 1. The number of nitrogens with one attached hydrogen (secondary N) is 1. The molecule has 3 aromatic carbocycles. The van der Waals surface area contributed by atoms with E-state index in [2.05, 4.69) is 40.6 Å². The van der Waals surface area contributed by atoms with Gasteiger partial charge in [0.15, 0.2) is 6.29 Å². The Labute approximate surface area is 233 Å². The second-order valence-electron chi connectivity index (χ2n) is 9.52. The highest BCUT2D eigenvalue weighted by Gasteiger charge is 2.32. The molecule has 3 unspecified atom stereocenters. The maximum absolute atomic E-state index is 11.4. The van der Waals surface area contributed by atoms with Crippen molar-refractivity contribution in [2.75, 3.05) is 5.75 Å². The molecule has 1 aromatic heterocycles. The molecule has 0 bridgehead atoms. The molecule has 7 heteroatoms. The maximum atomic E-state index is 11.4. The van der Waals surface area contributed by atoms with E-state index in [4.69, 9.17) is 9.47 Å². The van der Waals surface area contributed by atoms with E-state index in [1.807, 2.05) is 60.7 Å². The van der Waals surface area contributed by atoms with E-state index in [1.54, 1.807) is 18.0 Å². The van der Waals surface area contributed by atoms with Crippen LogP contribution in [0.5, 0.6) is 0 Å². The lowest BCUT2D eigenvalue weighted by molar-refractivity contribution is -0.245. The van der Waals surface area contributed by atoms with E-state index in [9.17, 15) is 9.90 Å². The van der Waals surface area contributed by atoms with Crippen molar-refractivity contribution in [3.63, 3.8) is 0 Å². The number of pyridine rings is 1. The van der Waals surface area contributed by atoms with Crippen LogP contribution in [-0.2, 0) is 27.4 Å². The Morgan fingerprint density at radius 2 is 1.69 bits per heavy atom. The molecular formula is C32H32N2O4S. The number of hydrogen-bond donors (Lipinski definition) is 2. The minimum absolute atomic E-state index is 0.0151. The van der Waals surface area contributed by atoms with Gasteiger partial charge in [0.05, 0.1) is 23.8 Å². The molecule has 0 radical (unpaired) electrons. The predicted molar refractivity (Wildman–Crippen MR) is 153 cm³/mol. The van der Waals surface area contributed by atoms with Gasteiger partial charge in [-0.1, -0.05) is 78.9 Å². The number of carbonyl (C=O) groups excluding carboxylic acids is 1. The summed E-state index contributed by atoms with van der Waals surface area (Å²) >= 11 is 1.68. The third kappa shape index (κ3) is 7.13. The fourth-order valence-corrected chi connectivity index (χ4v) is 5.51. The van der Waals surface area contributed by atoms with Gasteiger partial charge in [0.25, 0.3) is 0 Å². The fraction of sp³-hybridized carbons (Fsp3) is 0.250. The van der Waals surface area contributed by atoms with Gasteiger partial charge in [-0.05, 0) is 39.9 Å². The summed E-state index contributed by atoms with van der Waals surface area (Å²) in [5.74, 6) is 0.708. The number of aromatic nitrogens is 1. The first kappa shape index (κ1) is 27.1. The molecule has 6 nitrogen and oxygen atoms in total. The molecule has 3 atom stereocenters. The van der Waals surface area contributed by atoms with Gasteiger partial charge in [-0.3, -0.25) is 4.79 Å². The van der Waals surface area contributed by atoms with Crippen molar-refractivity contribution in [3.05, 3.63) is 119 Å². The van der Waals surface area contributed by atoms with Crippen molar-refractivity contribution >= 4 is 17.7 Å². The SMILES string of the molecule is CC(=O)NCc1ccccc1-c1ccc(C2OC(CSc3ccccn3)CC(c3ccc(CO)cc3)O2)cc1. The lowest BCUT2D eigenvalue weighted by atomic mass is 9.98. The number of thioether (sulfide) groups is 1. The number of aliphatic hydroxyl groups is 1. The van der Waals surface area contributed by atoms with Crippen molar-refractivity contribution in [3.8, 4) is 11.1 Å². The first-order valence-corrected chi connectivity index (χ1v) is 14.0. The molecule has 4 aromatic rings. The largest absolute Gasteiger partial charge is 0.392 e. The molecule has 39 heavy (non-hydrogen) atoms. The number of ether oxygens (including phenoxy) is 2. The Kier molecular flexibility index (Phi) is 9.06. The number of hydrogen-bond acceptors (Lipinski definition) is 6. The smallest absolute Gasteiger partial charge is 0.217 e. The first-order chi connectivity index (χ1) is 19.1. The molecule has 1 aliphatic heterocycles. The lowest BCUT2D eigenvalue weighted by Gasteiger charge is -2.36. The maximum Gasteiger partial charge on any atom is 0.217 e. The highest BCUT2D eigenvalue weighted by Crippen LogP contribution is 2.39. The topological polar surface area (TPSA) is 80.7 Å². The normalized spacial score (nSPS) is 19.0. The Balaban J connectivity index is 1.36. The molecule has 1 aliphatic rings. The summed E-state index contributed by atoms with van der Waals surface area (Å²) in [7, 11) is 0. The molecule has 1 fully saturated rings. The van der Waals surface area contributed by atoms with Crippen LogP contribution in [-0.4, -0.2) is 27.9 Å². The van der Waals surface area contributed by atoms with Crippen LogP contribution in [0.2, 0.25) is 0 Å². The van der Waals surface area contributed by atoms with E-state index in [0.29, 0.717) is 6.54 Å². The number of carbonyl (C=O) groups is 1. The van der Waals surface area contributed by atoms with Crippen LogP contribution < -0.4 is 5.32 Å². The predicted octanol–water partition coefficient (Wildman–Crippen LogP) is 6.21. The van der Waals surface area contributed by atoms with E-state index in [1.165, 1.54) is 6.92 Å². The van der Waals surface area contributed by atoms with Crippen LogP contribution >= 0.6 is 11.8 Å². The molecule has 0 spiro atoms. The number of nitrogens with zero attached hydrogens (tertiary/aromatic N) is 1. The zero-order chi connectivity index (χ0) is 27.0. The third-order valence-corrected chi connectivity index (χ3v) is 7.78. The number of benzene rings is 3. The third-order valence-electron chi connectivity index (χ3n) is 6.71. The zero-order valence-corrected chi connectivity index (χ0v) is 22.6. The Bertz CT molecular complexity index is 1360. The fourth-order valence-electron chi connectivity index (χ4n) is 4.63. The van der Waals surface area contributed by atoms with Gasteiger partial charge < -0.3 is 19.9 Å². The average molecular weight is 541 g/mol. The summed E-state index contributed by atoms with van der Waals surface area (Å²) in [6, 6.07) is 30.2. The molecular weight excluding hydrogens is 508 g/mol. The van der Waals surface area contributed by atoms with Crippen molar-refractivity contribution < 1.29 is 19.4 Å². The van der Waals surface area contributed by atoms with E-state index < -0.39 is 6.29 Å². The minimum Gasteiger partial charge on any atom is -0.392 e. The Hall–Kier alpha value is -3.49. The molecule has 200 valence electrons. The van der Waals surface area contributed by atoms with Crippen molar-refractivity contribution in [1.29, 1.82) is 0 Å². The highest BCUT2D eigenvalue weighted by atomic mass is 32.2. The average Bonchev–Trinajstić information content (AvgIpc) is 2.99. The summed E-state index contributed by atoms with van der Waals surface area (Å²) < 4.78 is 13.0. The van der Waals surface area contributed by atoms with Crippen molar-refractivity contribution in [2.24, 2.45) is 0 Å². The molecule has 1 saturated heterocycles. The summed E-state index contributed by atoms with van der Waals surface area (Å²) in [6.07, 6.45) is 1.85. The molecule has 2 N–H and O–H groups in total. The van der Waals surface area contributed by atoms with Crippen LogP contribution in [0.25, 0.3) is 11.1 Å². The Morgan fingerprint density at radius 3 is 2.41 bits per heavy atom. The van der Waals surface area contributed by atoms with Crippen molar-refractivity contribution in [2.45, 2.75) is 50.0 Å². The van der Waals surface area contributed by atoms with E-state index >= 15 is 0 Å². The van der Waals surface area contributed by atoms with Gasteiger partial charge >= 0.3 is 0 Å². The molecule has 0 aliphatic carbocycles. The number of rotatable bonds is 9. The zero-order valence-electron chi connectivity index (χ0n) is 21.8. The lowest BCUT2D eigenvalue weighted by Crippen LogP contribution is -2.31. The van der Waals surface area contributed by atoms with Crippen LogP contribution in [0.3, 0.4) is 0 Å². The highest BCUT2D eigenvalue weighted by molar-refractivity contribution is 7.99. The molecule has 0 saturated carbocycles. The minimum atomic E-state index is -0.515. The van der Waals surface area contributed by atoms with Crippen LogP contribution in [0.1, 0.15) is 48.0 Å². The van der Waals surface area contributed by atoms with Crippen LogP contribution in [0.4, 0.5) is 0 Å². The van der Waals surface area contributed by atoms with Gasteiger partial charge in [0, 0.05) is 37.4 Å². The Morgan fingerprint density at radius 1 is 0.949 bits per heavy atom. The summed E-state index contributed by atoms with van der Waals surface area (Å²) in [5, 5.41) is 13.3. The summed E-state index contributed by atoms with van der Waals surface area (Å²) in [6.45, 7) is 2.02. The van der Waals surface area contributed by atoms with Gasteiger partial charge in [-0.25, -0.2) is 4.98 Å². The van der Waals surface area contributed by atoms with Gasteiger partial charge in [-0.15, -0.1) is 11.8 Å². The van der Waals surface area contributed by atoms with Gasteiger partial charge in [-0.2, -0.15) is 0 Å². The summed E-state index contributed by atoms with van der Waals surface area (Å²) in [4.78, 5) is 15.9. The standard InChI is InChI=1S/C32H32N2O4S/c1-22(36)34-19-27-6-2-3-7-29(27)24-13-15-26(16-14-24)32-37-28(21-39-31-8-4-5-17-33-31)18-30(38-32)25-11-9-23(20-35)10-12-25/h2-17,28,30,32,35H,18-21H2,1H3,(H,34,36). The van der Waals surface area contributed by atoms with Crippen LogP contribution in [0, 0.1) is 0 Å². The van der Waals surface area contributed by atoms with E-state index in [0.717, 1.165) is 50.6 Å². The van der Waals surface area contributed by atoms with Gasteiger partial charge in [0.2, 0.25) is 5.91 Å². The van der Waals surface area contributed by atoms with Crippen molar-refractivity contribution in [1.82, 2.24) is 10.3 Å². The second-order valence-corrected chi connectivity index (χ2v) is 10.6.